The number of carbonyl (C=O) groups excluding carboxylic acids is 1. The van der Waals surface area contributed by atoms with Crippen LogP contribution in [0, 0.1) is 0 Å². The fourth-order valence-electron chi connectivity index (χ4n) is 1.50. The maximum Gasteiger partial charge on any atom is 0.326 e. The van der Waals surface area contributed by atoms with Gasteiger partial charge in [0.15, 0.2) is 0 Å². The minimum absolute atomic E-state index is 0.221. The van der Waals surface area contributed by atoms with E-state index in [0.717, 1.165) is 5.56 Å². The van der Waals surface area contributed by atoms with Crippen LogP contribution in [-0.4, -0.2) is 35.0 Å². The Hall–Kier alpha value is -1.26. The van der Waals surface area contributed by atoms with E-state index in [4.69, 9.17) is 28.3 Å². The molecule has 1 aromatic rings. The number of halogens is 2. The van der Waals surface area contributed by atoms with Crippen molar-refractivity contribution in [1.82, 2.24) is 4.90 Å². The molecule has 6 heteroatoms. The topological polar surface area (TPSA) is 57.6 Å². The number of hydrogen-bond donors (Lipinski definition) is 1. The molecule has 1 N–H and O–H groups in total. The van der Waals surface area contributed by atoms with Crippen LogP contribution in [-0.2, 0) is 16.0 Å². The molecule has 4 nitrogen and oxygen atoms in total. The van der Waals surface area contributed by atoms with E-state index < -0.39 is 12.0 Å². The molecule has 0 fully saturated rings. The summed E-state index contributed by atoms with van der Waals surface area (Å²) in [7, 11) is 1.48. The Morgan fingerprint density at radius 2 is 1.95 bits per heavy atom. The monoisotopic (exact) mass is 303 g/mol. The third kappa shape index (κ3) is 4.40. The van der Waals surface area contributed by atoms with Crippen LogP contribution in [0.2, 0.25) is 10.0 Å². The SMILES string of the molecule is CC(C(=O)O)N(C)C(=O)CCc1ccc(Cl)c(Cl)c1. The van der Waals surface area contributed by atoms with E-state index in [2.05, 4.69) is 0 Å². The number of carboxylic acid groups (broad SMARTS) is 1. The summed E-state index contributed by atoms with van der Waals surface area (Å²) < 4.78 is 0. The molecule has 0 spiro atoms. The van der Waals surface area contributed by atoms with E-state index in [0.29, 0.717) is 16.5 Å². The first-order chi connectivity index (χ1) is 8.82. The largest absolute Gasteiger partial charge is 0.480 e. The summed E-state index contributed by atoms with van der Waals surface area (Å²) in [5, 5.41) is 9.74. The highest BCUT2D eigenvalue weighted by Gasteiger charge is 2.21. The summed E-state index contributed by atoms with van der Waals surface area (Å²) in [5.74, 6) is -1.24. The van der Waals surface area contributed by atoms with Gasteiger partial charge in [0.05, 0.1) is 10.0 Å². The normalized spacial score (nSPS) is 12.0. The predicted octanol–water partition coefficient (Wildman–Crippen LogP) is 2.86. The van der Waals surface area contributed by atoms with E-state index >= 15 is 0 Å². The highest BCUT2D eigenvalue weighted by molar-refractivity contribution is 6.42. The third-order valence-corrected chi connectivity index (χ3v) is 3.68. The van der Waals surface area contributed by atoms with Crippen LogP contribution >= 0.6 is 23.2 Å². The van der Waals surface area contributed by atoms with Gasteiger partial charge in [-0.1, -0.05) is 29.3 Å². The fourth-order valence-corrected chi connectivity index (χ4v) is 1.83. The zero-order valence-electron chi connectivity index (χ0n) is 10.7. The van der Waals surface area contributed by atoms with E-state index in [-0.39, 0.29) is 12.3 Å². The molecule has 1 unspecified atom stereocenters. The molecule has 0 bridgehead atoms. The van der Waals surface area contributed by atoms with Crippen LogP contribution in [0.4, 0.5) is 0 Å². The lowest BCUT2D eigenvalue weighted by Gasteiger charge is -2.21. The molecule has 19 heavy (non-hydrogen) atoms. The quantitative estimate of drug-likeness (QED) is 0.910. The second-order valence-electron chi connectivity index (χ2n) is 4.27. The molecule has 0 aromatic heterocycles. The number of rotatable bonds is 5. The van der Waals surface area contributed by atoms with Gasteiger partial charge in [0.25, 0.3) is 0 Å². The molecule has 1 rings (SSSR count). The Balaban J connectivity index is 2.59. The number of hydrogen-bond acceptors (Lipinski definition) is 2. The van der Waals surface area contributed by atoms with Crippen molar-refractivity contribution in [3.8, 4) is 0 Å². The lowest BCUT2D eigenvalue weighted by Crippen LogP contribution is -2.40. The molecule has 1 atom stereocenters. The number of amides is 1. The number of benzene rings is 1. The Labute approximate surface area is 121 Å². The zero-order valence-corrected chi connectivity index (χ0v) is 12.2. The Bertz CT molecular complexity index is 491. The fraction of sp³-hybridized carbons (Fsp3) is 0.385. The predicted molar refractivity (Wildman–Crippen MR) is 74.7 cm³/mol. The average molecular weight is 304 g/mol. The van der Waals surface area contributed by atoms with Crippen LogP contribution in [0.3, 0.4) is 0 Å². The highest BCUT2D eigenvalue weighted by Crippen LogP contribution is 2.23. The molecular weight excluding hydrogens is 289 g/mol. The number of likely N-dealkylation sites (N-methyl/N-ethyl adjacent to an activating group) is 1. The second-order valence-corrected chi connectivity index (χ2v) is 5.08. The molecule has 0 aliphatic heterocycles. The minimum atomic E-state index is -1.02. The summed E-state index contributed by atoms with van der Waals surface area (Å²) in [4.78, 5) is 23.8. The van der Waals surface area contributed by atoms with Crippen molar-refractivity contribution in [3.05, 3.63) is 33.8 Å². The van der Waals surface area contributed by atoms with Crippen LogP contribution in [0.15, 0.2) is 18.2 Å². The zero-order chi connectivity index (χ0) is 14.6. The van der Waals surface area contributed by atoms with Crippen LogP contribution in [0.5, 0.6) is 0 Å². The molecule has 0 saturated carbocycles. The molecule has 104 valence electrons. The van der Waals surface area contributed by atoms with E-state index in [1.54, 1.807) is 18.2 Å². The van der Waals surface area contributed by atoms with Gasteiger partial charge in [-0.25, -0.2) is 4.79 Å². The standard InChI is InChI=1S/C13H15Cl2NO3/c1-8(13(18)19)16(2)12(17)6-4-9-3-5-10(14)11(15)7-9/h3,5,7-8H,4,6H2,1-2H3,(H,18,19). The van der Waals surface area contributed by atoms with Crippen molar-refractivity contribution in [2.75, 3.05) is 7.05 Å². The van der Waals surface area contributed by atoms with Gasteiger partial charge in [0, 0.05) is 13.5 Å². The average Bonchev–Trinajstić information content (AvgIpc) is 2.37. The summed E-state index contributed by atoms with van der Waals surface area (Å²) in [6, 6.07) is 4.34. The van der Waals surface area contributed by atoms with Gasteiger partial charge < -0.3 is 10.0 Å². The summed E-state index contributed by atoms with van der Waals surface area (Å²) in [6.45, 7) is 1.47. The maximum absolute atomic E-state index is 11.8. The molecule has 0 aliphatic carbocycles. The lowest BCUT2D eigenvalue weighted by molar-refractivity contribution is -0.148. The van der Waals surface area contributed by atoms with E-state index in [1.165, 1.54) is 18.9 Å². The highest BCUT2D eigenvalue weighted by atomic mass is 35.5. The molecule has 0 heterocycles. The van der Waals surface area contributed by atoms with E-state index in [9.17, 15) is 9.59 Å². The first-order valence-corrected chi connectivity index (χ1v) is 6.51. The van der Waals surface area contributed by atoms with Crippen molar-refractivity contribution in [2.45, 2.75) is 25.8 Å². The van der Waals surface area contributed by atoms with Gasteiger partial charge in [0.2, 0.25) is 5.91 Å². The Morgan fingerprint density at radius 1 is 1.32 bits per heavy atom. The van der Waals surface area contributed by atoms with Crippen LogP contribution in [0.1, 0.15) is 18.9 Å². The number of nitrogens with zero attached hydrogens (tertiary/aromatic N) is 1. The molecule has 1 amide bonds. The van der Waals surface area contributed by atoms with Gasteiger partial charge in [-0.05, 0) is 31.0 Å². The number of aliphatic carboxylic acids is 1. The minimum Gasteiger partial charge on any atom is -0.480 e. The molecular formula is C13H15Cl2NO3. The second kappa shape index (κ2) is 6.78. The van der Waals surface area contributed by atoms with Gasteiger partial charge in [-0.15, -0.1) is 0 Å². The molecule has 0 radical (unpaired) electrons. The van der Waals surface area contributed by atoms with Gasteiger partial charge in [-0.2, -0.15) is 0 Å². The molecule has 0 saturated heterocycles. The van der Waals surface area contributed by atoms with Gasteiger partial charge in [-0.3, -0.25) is 4.79 Å². The van der Waals surface area contributed by atoms with Gasteiger partial charge >= 0.3 is 5.97 Å². The number of carboxylic acids is 1. The van der Waals surface area contributed by atoms with Crippen molar-refractivity contribution in [1.29, 1.82) is 0 Å². The Kier molecular flexibility index (Phi) is 5.63. The molecule has 0 aliphatic rings. The summed E-state index contributed by atoms with van der Waals surface area (Å²) in [5.41, 5.74) is 0.888. The van der Waals surface area contributed by atoms with Crippen molar-refractivity contribution in [2.24, 2.45) is 0 Å². The number of carbonyl (C=O) groups is 2. The maximum atomic E-state index is 11.8. The van der Waals surface area contributed by atoms with Crippen LogP contribution < -0.4 is 0 Å². The summed E-state index contributed by atoms with van der Waals surface area (Å²) in [6.07, 6.45) is 0.721. The van der Waals surface area contributed by atoms with Crippen molar-refractivity contribution in [3.63, 3.8) is 0 Å². The third-order valence-electron chi connectivity index (χ3n) is 2.94. The van der Waals surface area contributed by atoms with E-state index in [1.807, 2.05) is 0 Å². The number of aryl methyl sites for hydroxylation is 1. The summed E-state index contributed by atoms with van der Waals surface area (Å²) >= 11 is 11.7. The first kappa shape index (κ1) is 15.8. The molecule has 1 aromatic carbocycles. The van der Waals surface area contributed by atoms with Crippen LogP contribution in [0.25, 0.3) is 0 Å². The van der Waals surface area contributed by atoms with Gasteiger partial charge in [0.1, 0.15) is 6.04 Å². The lowest BCUT2D eigenvalue weighted by atomic mass is 10.1. The first-order valence-electron chi connectivity index (χ1n) is 5.75. The Morgan fingerprint density at radius 3 is 2.47 bits per heavy atom. The van der Waals surface area contributed by atoms with Crippen molar-refractivity contribution >= 4 is 35.1 Å². The van der Waals surface area contributed by atoms with Crippen molar-refractivity contribution < 1.29 is 14.7 Å². The smallest absolute Gasteiger partial charge is 0.326 e.